The van der Waals surface area contributed by atoms with Gasteiger partial charge < -0.3 is 14.6 Å². The Bertz CT molecular complexity index is 677. The highest BCUT2D eigenvalue weighted by molar-refractivity contribution is 5.40. The first-order valence-electron chi connectivity index (χ1n) is 8.07. The molecular weight excluding hydrogens is 276 g/mol. The second-order valence-electron chi connectivity index (χ2n) is 6.43. The Morgan fingerprint density at radius 1 is 1.32 bits per heavy atom. The number of hydrogen-bond donors (Lipinski definition) is 1. The van der Waals surface area contributed by atoms with Crippen LogP contribution >= 0.6 is 0 Å². The van der Waals surface area contributed by atoms with Crippen molar-refractivity contribution in [2.24, 2.45) is 7.05 Å². The number of nitrogens with zero attached hydrogens (tertiary/aromatic N) is 3. The maximum absolute atomic E-state index is 5.78. The van der Waals surface area contributed by atoms with Crippen molar-refractivity contribution in [2.75, 3.05) is 6.61 Å². The first-order valence-corrected chi connectivity index (χ1v) is 8.07. The van der Waals surface area contributed by atoms with Gasteiger partial charge in [0.25, 0.3) is 0 Å². The first kappa shape index (κ1) is 13.8. The number of fused-ring (bicyclic) bond motifs is 1. The molecule has 0 amide bonds. The van der Waals surface area contributed by atoms with Gasteiger partial charge in [-0.25, -0.2) is 0 Å². The molecule has 2 heterocycles. The van der Waals surface area contributed by atoms with E-state index < -0.39 is 0 Å². The standard InChI is InChI=1S/C17H22N4O/c1-11(14-10-22-15-6-4-3-5-13(14)15)18-9-16-19-20-17(21(16)2)12-7-8-12/h3-6,11-12,14,18H,7-10H2,1-2H3. The number of hydrogen-bond acceptors (Lipinski definition) is 4. The van der Waals surface area contributed by atoms with E-state index in [0.717, 1.165) is 30.5 Å². The third kappa shape index (κ3) is 2.39. The van der Waals surface area contributed by atoms with E-state index in [1.807, 2.05) is 12.1 Å². The fraction of sp³-hybridized carbons (Fsp3) is 0.529. The summed E-state index contributed by atoms with van der Waals surface area (Å²) in [6, 6.07) is 8.66. The van der Waals surface area contributed by atoms with Crippen LogP contribution in [0.25, 0.3) is 0 Å². The zero-order valence-corrected chi connectivity index (χ0v) is 13.1. The van der Waals surface area contributed by atoms with Crippen molar-refractivity contribution in [1.82, 2.24) is 20.1 Å². The summed E-state index contributed by atoms with van der Waals surface area (Å²) in [7, 11) is 2.07. The molecule has 1 saturated carbocycles. The summed E-state index contributed by atoms with van der Waals surface area (Å²) >= 11 is 0. The van der Waals surface area contributed by atoms with Gasteiger partial charge in [0, 0.05) is 30.5 Å². The van der Waals surface area contributed by atoms with Gasteiger partial charge in [0.2, 0.25) is 0 Å². The molecule has 5 heteroatoms. The molecule has 116 valence electrons. The minimum absolute atomic E-state index is 0.338. The van der Waals surface area contributed by atoms with E-state index in [2.05, 4.69) is 46.2 Å². The van der Waals surface area contributed by atoms with Crippen LogP contribution < -0.4 is 10.1 Å². The average molecular weight is 298 g/mol. The van der Waals surface area contributed by atoms with Gasteiger partial charge in [0.15, 0.2) is 0 Å². The number of aromatic nitrogens is 3. The Kier molecular flexibility index (Phi) is 3.37. The Labute approximate surface area is 130 Å². The molecule has 1 N–H and O–H groups in total. The molecule has 1 aliphatic heterocycles. The summed E-state index contributed by atoms with van der Waals surface area (Å²) in [4.78, 5) is 0. The number of rotatable bonds is 5. The zero-order chi connectivity index (χ0) is 15.1. The van der Waals surface area contributed by atoms with E-state index in [1.165, 1.54) is 18.4 Å². The molecule has 4 rings (SSSR count). The highest BCUT2D eigenvalue weighted by Crippen LogP contribution is 2.39. The Hall–Kier alpha value is -1.88. The minimum Gasteiger partial charge on any atom is -0.493 e. The van der Waals surface area contributed by atoms with E-state index in [1.54, 1.807) is 0 Å². The molecule has 2 aromatic rings. The van der Waals surface area contributed by atoms with Crippen LogP contribution in [-0.4, -0.2) is 27.4 Å². The fourth-order valence-electron chi connectivity index (χ4n) is 3.22. The Balaban J connectivity index is 1.42. The normalized spacial score (nSPS) is 21.5. The molecule has 2 aliphatic rings. The predicted octanol–water partition coefficient (Wildman–Crippen LogP) is 2.35. The van der Waals surface area contributed by atoms with Gasteiger partial charge in [-0.15, -0.1) is 10.2 Å². The predicted molar refractivity (Wildman–Crippen MR) is 84.0 cm³/mol. The van der Waals surface area contributed by atoms with Crippen molar-refractivity contribution in [3.8, 4) is 5.75 Å². The fourth-order valence-corrected chi connectivity index (χ4v) is 3.22. The maximum Gasteiger partial charge on any atom is 0.146 e. The van der Waals surface area contributed by atoms with Crippen LogP contribution in [0.2, 0.25) is 0 Å². The molecule has 0 spiro atoms. The lowest BCUT2D eigenvalue weighted by Crippen LogP contribution is -2.33. The summed E-state index contributed by atoms with van der Waals surface area (Å²) < 4.78 is 7.93. The van der Waals surface area contributed by atoms with Crippen LogP contribution in [0.15, 0.2) is 24.3 Å². The van der Waals surface area contributed by atoms with Crippen LogP contribution in [0.3, 0.4) is 0 Å². The molecule has 2 unspecified atom stereocenters. The van der Waals surface area contributed by atoms with Crippen molar-refractivity contribution >= 4 is 0 Å². The largest absolute Gasteiger partial charge is 0.493 e. The van der Waals surface area contributed by atoms with Gasteiger partial charge in [-0.3, -0.25) is 0 Å². The lowest BCUT2D eigenvalue weighted by atomic mass is 9.94. The molecule has 0 radical (unpaired) electrons. The third-order valence-electron chi connectivity index (χ3n) is 4.86. The maximum atomic E-state index is 5.78. The third-order valence-corrected chi connectivity index (χ3v) is 4.86. The molecular formula is C17H22N4O. The molecule has 0 bridgehead atoms. The molecule has 1 aliphatic carbocycles. The molecule has 0 saturated heterocycles. The number of para-hydroxylation sites is 1. The SMILES string of the molecule is CC(NCc1nnc(C2CC2)n1C)C1COc2ccccc21. The smallest absolute Gasteiger partial charge is 0.146 e. The minimum atomic E-state index is 0.338. The van der Waals surface area contributed by atoms with Gasteiger partial charge in [-0.2, -0.15) is 0 Å². The van der Waals surface area contributed by atoms with Crippen molar-refractivity contribution in [1.29, 1.82) is 0 Å². The summed E-state index contributed by atoms with van der Waals surface area (Å²) in [6.07, 6.45) is 2.51. The van der Waals surface area contributed by atoms with Crippen molar-refractivity contribution in [3.63, 3.8) is 0 Å². The van der Waals surface area contributed by atoms with Crippen molar-refractivity contribution < 1.29 is 4.74 Å². The van der Waals surface area contributed by atoms with Crippen LogP contribution in [0.4, 0.5) is 0 Å². The molecule has 1 fully saturated rings. The summed E-state index contributed by atoms with van der Waals surface area (Å²) in [5.41, 5.74) is 1.30. The lowest BCUT2D eigenvalue weighted by molar-refractivity contribution is 0.302. The van der Waals surface area contributed by atoms with Gasteiger partial charge in [0.05, 0.1) is 13.2 Å². The molecule has 1 aromatic heterocycles. The topological polar surface area (TPSA) is 52.0 Å². The lowest BCUT2D eigenvalue weighted by Gasteiger charge is -2.19. The van der Waals surface area contributed by atoms with Crippen LogP contribution in [0.1, 0.15) is 48.8 Å². The Morgan fingerprint density at radius 3 is 2.95 bits per heavy atom. The second kappa shape index (κ2) is 5.39. The quantitative estimate of drug-likeness (QED) is 0.920. The van der Waals surface area contributed by atoms with Crippen LogP contribution in [0, 0.1) is 0 Å². The van der Waals surface area contributed by atoms with Gasteiger partial charge in [-0.1, -0.05) is 18.2 Å². The first-order chi connectivity index (χ1) is 10.7. The van der Waals surface area contributed by atoms with Gasteiger partial charge >= 0.3 is 0 Å². The van der Waals surface area contributed by atoms with Gasteiger partial charge in [-0.05, 0) is 25.8 Å². The van der Waals surface area contributed by atoms with E-state index in [4.69, 9.17) is 4.74 Å². The summed E-state index contributed by atoms with van der Waals surface area (Å²) in [6.45, 7) is 3.71. The van der Waals surface area contributed by atoms with E-state index in [0.29, 0.717) is 17.9 Å². The highest BCUT2D eigenvalue weighted by atomic mass is 16.5. The van der Waals surface area contributed by atoms with E-state index in [9.17, 15) is 0 Å². The number of ether oxygens (including phenoxy) is 1. The zero-order valence-electron chi connectivity index (χ0n) is 13.1. The number of benzene rings is 1. The molecule has 1 aromatic carbocycles. The monoisotopic (exact) mass is 298 g/mol. The van der Waals surface area contributed by atoms with Crippen molar-refractivity contribution in [3.05, 3.63) is 41.5 Å². The van der Waals surface area contributed by atoms with Crippen molar-refractivity contribution in [2.45, 2.75) is 44.2 Å². The average Bonchev–Trinajstić information content (AvgIpc) is 3.17. The van der Waals surface area contributed by atoms with Crippen LogP contribution in [-0.2, 0) is 13.6 Å². The highest BCUT2D eigenvalue weighted by Gasteiger charge is 2.30. The molecule has 5 nitrogen and oxygen atoms in total. The summed E-state index contributed by atoms with van der Waals surface area (Å²) in [5.74, 6) is 4.21. The number of nitrogens with one attached hydrogen (secondary N) is 1. The Morgan fingerprint density at radius 2 is 2.14 bits per heavy atom. The molecule has 2 atom stereocenters. The molecule has 22 heavy (non-hydrogen) atoms. The second-order valence-corrected chi connectivity index (χ2v) is 6.43. The van der Waals surface area contributed by atoms with Crippen LogP contribution in [0.5, 0.6) is 5.75 Å². The van der Waals surface area contributed by atoms with E-state index >= 15 is 0 Å². The van der Waals surface area contributed by atoms with E-state index in [-0.39, 0.29) is 0 Å². The van der Waals surface area contributed by atoms with Gasteiger partial charge in [0.1, 0.15) is 17.4 Å². The summed E-state index contributed by atoms with van der Waals surface area (Å²) in [5, 5.41) is 12.3.